The topological polar surface area (TPSA) is 50.6 Å². The van der Waals surface area contributed by atoms with Crippen LogP contribution in [0, 0.1) is 0 Å². The van der Waals surface area contributed by atoms with Gasteiger partial charge in [0.05, 0.1) is 12.6 Å². The molecule has 0 spiro atoms. The Morgan fingerprint density at radius 2 is 2.03 bits per heavy atom. The van der Waals surface area contributed by atoms with Gasteiger partial charge in [-0.15, -0.1) is 0 Å². The summed E-state index contributed by atoms with van der Waals surface area (Å²) < 4.78 is 8.00. The Labute approximate surface area is 179 Å². The van der Waals surface area contributed by atoms with Crippen molar-refractivity contribution in [3.05, 3.63) is 47.8 Å². The summed E-state index contributed by atoms with van der Waals surface area (Å²) in [5.74, 6) is 1.24. The lowest BCUT2D eigenvalue weighted by molar-refractivity contribution is -0.133. The first-order valence-electron chi connectivity index (χ1n) is 11.3. The number of rotatable bonds is 6. The smallest absolute Gasteiger partial charge is 0.222 e. The van der Waals surface area contributed by atoms with Gasteiger partial charge >= 0.3 is 0 Å². The Morgan fingerprint density at radius 3 is 2.80 bits per heavy atom. The summed E-state index contributed by atoms with van der Waals surface area (Å²) in [6, 6.07) is 9.32. The lowest BCUT2D eigenvalue weighted by atomic mass is 9.97. The second-order valence-electron chi connectivity index (χ2n) is 8.96. The van der Waals surface area contributed by atoms with Crippen LogP contribution in [0.4, 0.5) is 0 Å². The van der Waals surface area contributed by atoms with Crippen LogP contribution in [-0.2, 0) is 17.9 Å². The number of likely N-dealkylation sites (N-methyl/N-ethyl adjacent to an activating group) is 1. The van der Waals surface area contributed by atoms with E-state index in [1.165, 1.54) is 12.0 Å². The predicted octanol–water partition coefficient (Wildman–Crippen LogP) is 3.69. The largest absolute Gasteiger partial charge is 0.491 e. The highest BCUT2D eigenvalue weighted by atomic mass is 16.5. The number of fused-ring (bicyclic) bond motifs is 1. The van der Waals surface area contributed by atoms with Crippen LogP contribution in [-0.4, -0.2) is 57.3 Å². The maximum absolute atomic E-state index is 12.4. The highest BCUT2D eigenvalue weighted by molar-refractivity contribution is 5.76. The molecule has 6 nitrogen and oxygen atoms in total. The Bertz CT molecular complexity index is 849. The molecule has 30 heavy (non-hydrogen) atoms. The SMILES string of the molecule is CC(C)Oc1ccc(CN2CC[C@H]3[C@H]2CCCCC(=O)N3C)cc1Cn1cccn1. The lowest BCUT2D eigenvalue weighted by Crippen LogP contribution is -2.46. The number of carbonyl (C=O) groups is 1. The van der Waals surface area contributed by atoms with E-state index in [0.29, 0.717) is 31.0 Å². The molecular formula is C24H34N4O2. The van der Waals surface area contributed by atoms with E-state index in [9.17, 15) is 4.79 Å². The molecule has 3 heterocycles. The van der Waals surface area contributed by atoms with E-state index in [2.05, 4.69) is 42.0 Å². The van der Waals surface area contributed by atoms with E-state index in [4.69, 9.17) is 4.74 Å². The molecule has 0 bridgehead atoms. The summed E-state index contributed by atoms with van der Waals surface area (Å²) in [6.07, 6.45) is 9.03. The Balaban J connectivity index is 1.53. The summed E-state index contributed by atoms with van der Waals surface area (Å²) >= 11 is 0. The zero-order chi connectivity index (χ0) is 21.1. The third kappa shape index (κ3) is 4.69. The van der Waals surface area contributed by atoms with E-state index >= 15 is 0 Å². The molecule has 0 saturated carbocycles. The number of nitrogens with zero attached hydrogens (tertiary/aromatic N) is 4. The molecule has 1 aromatic carbocycles. The molecule has 0 N–H and O–H groups in total. The number of ether oxygens (including phenoxy) is 1. The highest BCUT2D eigenvalue weighted by Gasteiger charge is 2.38. The number of hydrogen-bond acceptors (Lipinski definition) is 4. The fourth-order valence-electron chi connectivity index (χ4n) is 4.94. The molecule has 2 saturated heterocycles. The van der Waals surface area contributed by atoms with E-state index in [0.717, 1.165) is 43.7 Å². The van der Waals surface area contributed by atoms with Crippen LogP contribution < -0.4 is 4.74 Å². The summed E-state index contributed by atoms with van der Waals surface area (Å²) in [4.78, 5) is 17.0. The van der Waals surface area contributed by atoms with Crippen LogP contribution in [0.3, 0.4) is 0 Å². The van der Waals surface area contributed by atoms with Gasteiger partial charge in [-0.2, -0.15) is 5.10 Å². The van der Waals surface area contributed by atoms with Crippen molar-refractivity contribution >= 4 is 5.91 Å². The number of aromatic nitrogens is 2. The van der Waals surface area contributed by atoms with E-state index in [-0.39, 0.29) is 6.10 Å². The third-order valence-corrected chi connectivity index (χ3v) is 6.42. The Morgan fingerprint density at radius 1 is 1.17 bits per heavy atom. The molecule has 1 aromatic heterocycles. The van der Waals surface area contributed by atoms with Gasteiger partial charge in [-0.25, -0.2) is 0 Å². The average Bonchev–Trinajstić information content (AvgIpc) is 3.35. The molecule has 2 fully saturated rings. The summed E-state index contributed by atoms with van der Waals surface area (Å²) in [5.41, 5.74) is 2.45. The van der Waals surface area contributed by atoms with Crippen molar-refractivity contribution in [1.82, 2.24) is 19.6 Å². The monoisotopic (exact) mass is 410 g/mol. The van der Waals surface area contributed by atoms with Gasteiger partial charge in [0.25, 0.3) is 0 Å². The number of benzene rings is 1. The second kappa shape index (κ2) is 9.21. The fourth-order valence-corrected chi connectivity index (χ4v) is 4.94. The van der Waals surface area contributed by atoms with Gasteiger partial charge in [0.1, 0.15) is 5.75 Å². The minimum absolute atomic E-state index is 0.134. The quantitative estimate of drug-likeness (QED) is 0.729. The minimum Gasteiger partial charge on any atom is -0.491 e. The number of amides is 1. The van der Waals surface area contributed by atoms with Crippen molar-refractivity contribution in [2.24, 2.45) is 0 Å². The van der Waals surface area contributed by atoms with E-state index in [1.807, 2.05) is 35.1 Å². The average molecular weight is 411 g/mol. The van der Waals surface area contributed by atoms with Crippen molar-refractivity contribution in [3.63, 3.8) is 0 Å². The first-order chi connectivity index (χ1) is 14.5. The molecule has 6 heteroatoms. The molecule has 2 aromatic rings. The maximum atomic E-state index is 12.4. The maximum Gasteiger partial charge on any atom is 0.222 e. The normalized spacial score (nSPS) is 22.8. The van der Waals surface area contributed by atoms with E-state index in [1.54, 1.807) is 0 Å². The molecule has 162 valence electrons. The van der Waals surface area contributed by atoms with E-state index < -0.39 is 0 Å². The summed E-state index contributed by atoms with van der Waals surface area (Å²) in [5, 5.41) is 4.37. The molecule has 0 unspecified atom stereocenters. The van der Waals surface area contributed by atoms with Crippen LogP contribution in [0.2, 0.25) is 0 Å². The van der Waals surface area contributed by atoms with Gasteiger partial charge in [-0.1, -0.05) is 12.5 Å². The predicted molar refractivity (Wildman–Crippen MR) is 117 cm³/mol. The van der Waals surface area contributed by atoms with Crippen molar-refractivity contribution in [2.45, 2.75) is 77.2 Å². The molecule has 0 aliphatic carbocycles. The molecule has 0 radical (unpaired) electrons. The van der Waals surface area contributed by atoms with Gasteiger partial charge in [0.2, 0.25) is 5.91 Å². The molecule has 4 rings (SSSR count). The minimum atomic E-state index is 0.134. The molecular weight excluding hydrogens is 376 g/mol. The van der Waals surface area contributed by atoms with Crippen LogP contribution in [0.1, 0.15) is 57.1 Å². The molecule has 2 aliphatic rings. The van der Waals surface area contributed by atoms with Gasteiger partial charge in [-0.3, -0.25) is 14.4 Å². The van der Waals surface area contributed by atoms with Gasteiger partial charge in [-0.05, 0) is 56.9 Å². The fraction of sp³-hybridized carbons (Fsp3) is 0.583. The van der Waals surface area contributed by atoms with Gasteiger partial charge in [0.15, 0.2) is 0 Å². The van der Waals surface area contributed by atoms with Crippen molar-refractivity contribution in [1.29, 1.82) is 0 Å². The number of likely N-dealkylation sites (tertiary alicyclic amines) is 2. The summed E-state index contributed by atoms with van der Waals surface area (Å²) in [6.45, 7) is 6.78. The van der Waals surface area contributed by atoms with Crippen LogP contribution in [0.25, 0.3) is 0 Å². The Hall–Kier alpha value is -2.34. The third-order valence-electron chi connectivity index (χ3n) is 6.42. The molecule has 1 amide bonds. The first-order valence-corrected chi connectivity index (χ1v) is 11.3. The first kappa shape index (κ1) is 20.9. The van der Waals surface area contributed by atoms with Crippen LogP contribution >= 0.6 is 0 Å². The standard InChI is InChI=1S/C24H34N4O2/c1-18(2)30-23-10-9-19(15-20(23)17-28-13-6-12-25-28)16-27-14-11-21-22(27)7-4-5-8-24(29)26(21)3/h6,9-10,12-13,15,18,21-22H,4-5,7-8,11,14,16-17H2,1-3H3/t21-,22+/m0/s1. The zero-order valence-corrected chi connectivity index (χ0v) is 18.5. The van der Waals surface area contributed by atoms with Gasteiger partial charge < -0.3 is 9.64 Å². The van der Waals surface area contributed by atoms with Crippen LogP contribution in [0.5, 0.6) is 5.75 Å². The van der Waals surface area contributed by atoms with Crippen molar-refractivity contribution in [2.75, 3.05) is 13.6 Å². The highest BCUT2D eigenvalue weighted by Crippen LogP contribution is 2.31. The zero-order valence-electron chi connectivity index (χ0n) is 18.5. The lowest BCUT2D eigenvalue weighted by Gasteiger charge is -2.35. The molecule has 2 aliphatic heterocycles. The van der Waals surface area contributed by atoms with Crippen molar-refractivity contribution < 1.29 is 9.53 Å². The number of carbonyl (C=O) groups excluding carboxylic acids is 1. The second-order valence-corrected chi connectivity index (χ2v) is 8.96. The summed E-state index contributed by atoms with van der Waals surface area (Å²) in [7, 11) is 2.00. The Kier molecular flexibility index (Phi) is 6.42. The number of hydrogen-bond donors (Lipinski definition) is 0. The van der Waals surface area contributed by atoms with Gasteiger partial charge in [0, 0.05) is 56.6 Å². The van der Waals surface area contributed by atoms with Crippen LogP contribution in [0.15, 0.2) is 36.7 Å². The van der Waals surface area contributed by atoms with Crippen molar-refractivity contribution in [3.8, 4) is 5.75 Å². The molecule has 2 atom stereocenters.